The van der Waals surface area contributed by atoms with Gasteiger partial charge in [0.1, 0.15) is 5.69 Å². The highest BCUT2D eigenvalue weighted by Crippen LogP contribution is 2.24. The Bertz CT molecular complexity index is 1030. The van der Waals surface area contributed by atoms with Crippen molar-refractivity contribution in [3.63, 3.8) is 0 Å². The second kappa shape index (κ2) is 6.36. The van der Waals surface area contributed by atoms with E-state index < -0.39 is 4.92 Å². The Morgan fingerprint density at radius 3 is 2.68 bits per heavy atom. The molecule has 0 radical (unpaired) electrons. The zero-order valence-electron chi connectivity index (χ0n) is 12.8. The second-order valence-electron chi connectivity index (χ2n) is 5.16. The number of nitrogens with zero attached hydrogens (tertiary/aromatic N) is 5. The van der Waals surface area contributed by atoms with Gasteiger partial charge in [-0.1, -0.05) is 23.9 Å². The normalized spacial score (nSPS) is 11.0. The first kappa shape index (κ1) is 15.3. The molecule has 4 aromatic rings. The first-order valence-corrected chi connectivity index (χ1v) is 8.32. The van der Waals surface area contributed by atoms with E-state index in [0.717, 1.165) is 5.56 Å². The van der Waals surface area contributed by atoms with E-state index in [9.17, 15) is 10.1 Å². The van der Waals surface area contributed by atoms with E-state index in [4.69, 9.17) is 4.42 Å². The van der Waals surface area contributed by atoms with E-state index in [0.29, 0.717) is 28.0 Å². The summed E-state index contributed by atoms with van der Waals surface area (Å²) in [5.41, 5.74) is 2.36. The van der Waals surface area contributed by atoms with E-state index in [2.05, 4.69) is 15.3 Å². The third kappa shape index (κ3) is 3.09. The Morgan fingerprint density at radius 2 is 1.96 bits per heavy atom. The van der Waals surface area contributed by atoms with Crippen LogP contribution in [0.2, 0.25) is 0 Å². The molecule has 25 heavy (non-hydrogen) atoms. The largest absolute Gasteiger partial charge is 0.463 e. The standard InChI is InChI=1S/C16H11N5O3S/c22-21(23)12-5-3-11(4-6-12)10-25-16-18-17-15-8-7-13(19-20(15)16)14-2-1-9-24-14/h1-9H,10H2. The van der Waals surface area contributed by atoms with Crippen molar-refractivity contribution in [2.75, 3.05) is 0 Å². The molecule has 3 heterocycles. The summed E-state index contributed by atoms with van der Waals surface area (Å²) in [5.74, 6) is 1.27. The number of furan rings is 1. The summed E-state index contributed by atoms with van der Waals surface area (Å²) in [6.07, 6.45) is 1.59. The molecule has 0 atom stereocenters. The number of hydrogen-bond donors (Lipinski definition) is 0. The van der Waals surface area contributed by atoms with Crippen LogP contribution in [0.5, 0.6) is 0 Å². The average Bonchev–Trinajstić information content (AvgIpc) is 3.30. The first-order chi connectivity index (χ1) is 12.2. The highest BCUT2D eigenvalue weighted by molar-refractivity contribution is 7.98. The van der Waals surface area contributed by atoms with Gasteiger partial charge in [0.05, 0.1) is 11.2 Å². The molecule has 0 saturated heterocycles. The van der Waals surface area contributed by atoms with Crippen molar-refractivity contribution in [1.82, 2.24) is 19.8 Å². The first-order valence-electron chi connectivity index (χ1n) is 7.33. The molecular weight excluding hydrogens is 342 g/mol. The summed E-state index contributed by atoms with van der Waals surface area (Å²) < 4.78 is 7.03. The Kier molecular flexibility index (Phi) is 3.90. The number of rotatable bonds is 5. The molecule has 4 rings (SSSR count). The molecule has 8 nitrogen and oxygen atoms in total. The van der Waals surface area contributed by atoms with Crippen LogP contribution in [-0.4, -0.2) is 24.7 Å². The molecule has 0 spiro atoms. The van der Waals surface area contributed by atoms with Crippen LogP contribution >= 0.6 is 11.8 Å². The van der Waals surface area contributed by atoms with Gasteiger partial charge in [0.15, 0.2) is 11.4 Å². The van der Waals surface area contributed by atoms with E-state index in [1.807, 2.05) is 18.2 Å². The topological polar surface area (TPSA) is 99.4 Å². The Morgan fingerprint density at radius 1 is 1.12 bits per heavy atom. The number of aromatic nitrogens is 4. The Hall–Kier alpha value is -3.20. The number of fused-ring (bicyclic) bond motifs is 1. The van der Waals surface area contributed by atoms with Crippen LogP contribution in [-0.2, 0) is 5.75 Å². The van der Waals surface area contributed by atoms with E-state index >= 15 is 0 Å². The molecule has 124 valence electrons. The quantitative estimate of drug-likeness (QED) is 0.307. The molecule has 3 aromatic heterocycles. The minimum atomic E-state index is -0.414. The van der Waals surface area contributed by atoms with Crippen LogP contribution in [0.4, 0.5) is 5.69 Å². The molecule has 0 aliphatic carbocycles. The summed E-state index contributed by atoms with van der Waals surface area (Å²) in [4.78, 5) is 10.3. The fraction of sp³-hybridized carbons (Fsp3) is 0.0625. The highest BCUT2D eigenvalue weighted by atomic mass is 32.2. The average molecular weight is 353 g/mol. The van der Waals surface area contributed by atoms with Gasteiger partial charge in [-0.15, -0.1) is 10.2 Å². The van der Waals surface area contributed by atoms with Gasteiger partial charge in [-0.05, 0) is 29.8 Å². The number of thioether (sulfide) groups is 1. The second-order valence-corrected chi connectivity index (χ2v) is 6.10. The van der Waals surface area contributed by atoms with Crippen molar-refractivity contribution in [1.29, 1.82) is 0 Å². The Balaban J connectivity index is 1.57. The lowest BCUT2D eigenvalue weighted by Crippen LogP contribution is -1.96. The van der Waals surface area contributed by atoms with Gasteiger partial charge in [-0.2, -0.15) is 9.61 Å². The zero-order valence-corrected chi connectivity index (χ0v) is 13.6. The number of non-ortho nitro benzene ring substituents is 1. The molecule has 0 N–H and O–H groups in total. The number of nitro benzene ring substituents is 1. The van der Waals surface area contributed by atoms with Crippen LogP contribution in [0.3, 0.4) is 0 Å². The maximum absolute atomic E-state index is 10.7. The monoisotopic (exact) mass is 353 g/mol. The lowest BCUT2D eigenvalue weighted by molar-refractivity contribution is -0.384. The van der Waals surface area contributed by atoms with Crippen molar-refractivity contribution in [3.8, 4) is 11.5 Å². The number of benzene rings is 1. The van der Waals surface area contributed by atoms with Gasteiger partial charge in [0.25, 0.3) is 5.69 Å². The fourth-order valence-electron chi connectivity index (χ4n) is 2.28. The van der Waals surface area contributed by atoms with Crippen LogP contribution in [0, 0.1) is 10.1 Å². The van der Waals surface area contributed by atoms with Gasteiger partial charge >= 0.3 is 0 Å². The summed E-state index contributed by atoms with van der Waals surface area (Å²) in [6.45, 7) is 0. The van der Waals surface area contributed by atoms with Crippen LogP contribution < -0.4 is 0 Å². The zero-order chi connectivity index (χ0) is 17.2. The molecule has 9 heteroatoms. The Labute approximate surface area is 145 Å². The minimum Gasteiger partial charge on any atom is -0.463 e. The molecule has 0 saturated carbocycles. The molecule has 0 bridgehead atoms. The van der Waals surface area contributed by atoms with Crippen LogP contribution in [0.15, 0.2) is 64.4 Å². The number of hydrogen-bond acceptors (Lipinski definition) is 7. The maximum atomic E-state index is 10.7. The van der Waals surface area contributed by atoms with Crippen molar-refractivity contribution in [2.45, 2.75) is 10.9 Å². The molecule has 0 unspecified atom stereocenters. The van der Waals surface area contributed by atoms with E-state index in [1.165, 1.54) is 23.9 Å². The van der Waals surface area contributed by atoms with E-state index in [-0.39, 0.29) is 5.69 Å². The summed E-state index contributed by atoms with van der Waals surface area (Å²) in [6, 6.07) is 13.7. The molecule has 0 fully saturated rings. The molecule has 0 amide bonds. The van der Waals surface area contributed by atoms with Crippen molar-refractivity contribution in [2.24, 2.45) is 0 Å². The van der Waals surface area contributed by atoms with Crippen LogP contribution in [0.25, 0.3) is 17.1 Å². The minimum absolute atomic E-state index is 0.0754. The van der Waals surface area contributed by atoms with Gasteiger partial charge in [-0.25, -0.2) is 0 Å². The van der Waals surface area contributed by atoms with E-state index in [1.54, 1.807) is 29.0 Å². The molecule has 1 aromatic carbocycles. The fourth-order valence-corrected chi connectivity index (χ4v) is 3.12. The van der Waals surface area contributed by atoms with Crippen molar-refractivity contribution >= 4 is 23.1 Å². The van der Waals surface area contributed by atoms with Crippen molar-refractivity contribution in [3.05, 3.63) is 70.5 Å². The smallest absolute Gasteiger partial charge is 0.269 e. The lowest BCUT2D eigenvalue weighted by Gasteiger charge is -2.02. The van der Waals surface area contributed by atoms with Crippen LogP contribution in [0.1, 0.15) is 5.56 Å². The molecular formula is C16H11N5O3S. The van der Waals surface area contributed by atoms with Gasteiger partial charge < -0.3 is 4.42 Å². The third-order valence-corrected chi connectivity index (χ3v) is 4.51. The van der Waals surface area contributed by atoms with Gasteiger partial charge in [-0.3, -0.25) is 10.1 Å². The summed E-state index contributed by atoms with van der Waals surface area (Å²) >= 11 is 1.46. The highest BCUT2D eigenvalue weighted by Gasteiger charge is 2.11. The predicted molar refractivity (Wildman–Crippen MR) is 91.1 cm³/mol. The van der Waals surface area contributed by atoms with Gasteiger partial charge in [0, 0.05) is 17.9 Å². The maximum Gasteiger partial charge on any atom is 0.269 e. The summed E-state index contributed by atoms with van der Waals surface area (Å²) in [7, 11) is 0. The summed E-state index contributed by atoms with van der Waals surface area (Å²) in [5, 5.41) is 24.1. The van der Waals surface area contributed by atoms with Crippen molar-refractivity contribution < 1.29 is 9.34 Å². The predicted octanol–water partition coefficient (Wildman–Crippen LogP) is 3.58. The lowest BCUT2D eigenvalue weighted by atomic mass is 10.2. The SMILES string of the molecule is O=[N+]([O-])c1ccc(CSc2nnc3ccc(-c4ccco4)nn23)cc1. The molecule has 0 aliphatic rings. The van der Waals surface area contributed by atoms with Gasteiger partial charge in [0.2, 0.25) is 5.16 Å². The number of nitro groups is 1. The molecule has 0 aliphatic heterocycles. The third-order valence-electron chi connectivity index (χ3n) is 3.52.